The summed E-state index contributed by atoms with van der Waals surface area (Å²) in [5, 5.41) is 11.5. The molecule has 1 aromatic heterocycles. The monoisotopic (exact) mass is 280 g/mol. The molecule has 2 rings (SSSR count). The summed E-state index contributed by atoms with van der Waals surface area (Å²) in [5.41, 5.74) is 0. The summed E-state index contributed by atoms with van der Waals surface area (Å²) in [6, 6.07) is 3.16. The van der Waals surface area contributed by atoms with Crippen molar-refractivity contribution in [1.29, 1.82) is 0 Å². The van der Waals surface area contributed by atoms with Crippen LogP contribution in [0.25, 0.3) is 0 Å². The first-order valence-corrected chi connectivity index (χ1v) is 6.98. The van der Waals surface area contributed by atoms with Crippen molar-refractivity contribution in [2.75, 3.05) is 6.54 Å². The zero-order valence-electron chi connectivity index (χ0n) is 11.6. The van der Waals surface area contributed by atoms with Gasteiger partial charge in [-0.25, -0.2) is 9.59 Å². The van der Waals surface area contributed by atoms with Crippen molar-refractivity contribution in [3.05, 3.63) is 23.7 Å². The molecule has 0 radical (unpaired) electrons. The Labute approximate surface area is 117 Å². The van der Waals surface area contributed by atoms with E-state index in [9.17, 15) is 9.59 Å². The van der Waals surface area contributed by atoms with Crippen molar-refractivity contribution in [3.63, 3.8) is 0 Å². The molecule has 0 aliphatic heterocycles. The molecule has 1 aliphatic rings. The third kappa shape index (κ3) is 3.31. The summed E-state index contributed by atoms with van der Waals surface area (Å²) in [6.45, 7) is 2.84. The quantitative estimate of drug-likeness (QED) is 0.867. The molecule has 0 aromatic carbocycles. The minimum Gasteiger partial charge on any atom is -0.475 e. The van der Waals surface area contributed by atoms with E-state index < -0.39 is 5.97 Å². The minimum absolute atomic E-state index is 0.114. The highest BCUT2D eigenvalue weighted by Crippen LogP contribution is 2.23. The van der Waals surface area contributed by atoms with Gasteiger partial charge in [0.05, 0.1) is 6.54 Å². The number of aromatic carboxylic acids is 1. The summed E-state index contributed by atoms with van der Waals surface area (Å²) in [4.78, 5) is 24.7. The zero-order valence-corrected chi connectivity index (χ0v) is 11.6. The first kappa shape index (κ1) is 14.4. The summed E-state index contributed by atoms with van der Waals surface area (Å²) >= 11 is 0. The largest absolute Gasteiger partial charge is 0.475 e. The standard InChI is InChI=1S/C14H20N2O4/c1-2-16(10-5-3-4-6-10)14(19)15-9-11-7-8-12(20-11)13(17)18/h7-8,10H,2-6,9H2,1H3,(H,15,19)(H,17,18). The zero-order chi connectivity index (χ0) is 14.5. The van der Waals surface area contributed by atoms with Crippen LogP contribution in [0.4, 0.5) is 4.79 Å². The maximum atomic E-state index is 12.1. The van der Waals surface area contributed by atoms with Gasteiger partial charge in [0, 0.05) is 12.6 Å². The van der Waals surface area contributed by atoms with Gasteiger partial charge in [0.2, 0.25) is 5.76 Å². The van der Waals surface area contributed by atoms with Gasteiger partial charge in [0.1, 0.15) is 5.76 Å². The second kappa shape index (κ2) is 6.45. The van der Waals surface area contributed by atoms with Gasteiger partial charge < -0.3 is 19.7 Å². The van der Waals surface area contributed by atoms with Crippen molar-refractivity contribution in [2.45, 2.75) is 45.2 Å². The lowest BCUT2D eigenvalue weighted by Crippen LogP contribution is -2.44. The van der Waals surface area contributed by atoms with Gasteiger partial charge in [-0.05, 0) is 31.9 Å². The summed E-state index contributed by atoms with van der Waals surface area (Å²) < 4.78 is 5.10. The Hall–Kier alpha value is -1.98. The van der Waals surface area contributed by atoms with Crippen LogP contribution in [0.3, 0.4) is 0 Å². The Morgan fingerprint density at radius 3 is 2.65 bits per heavy atom. The number of hydrogen-bond donors (Lipinski definition) is 2. The maximum absolute atomic E-state index is 12.1. The third-order valence-electron chi connectivity index (χ3n) is 3.65. The van der Waals surface area contributed by atoms with Crippen LogP contribution in [0.5, 0.6) is 0 Å². The number of carbonyl (C=O) groups excluding carboxylic acids is 1. The highest BCUT2D eigenvalue weighted by atomic mass is 16.4. The molecule has 0 atom stereocenters. The first-order valence-electron chi connectivity index (χ1n) is 6.98. The lowest BCUT2D eigenvalue weighted by Gasteiger charge is -2.27. The molecule has 20 heavy (non-hydrogen) atoms. The van der Waals surface area contributed by atoms with Gasteiger partial charge in [0.15, 0.2) is 0 Å². The molecule has 6 nitrogen and oxygen atoms in total. The van der Waals surface area contributed by atoms with Crippen molar-refractivity contribution >= 4 is 12.0 Å². The van der Waals surface area contributed by atoms with Crippen LogP contribution in [0.1, 0.15) is 48.9 Å². The number of nitrogens with one attached hydrogen (secondary N) is 1. The fraction of sp³-hybridized carbons (Fsp3) is 0.571. The topological polar surface area (TPSA) is 82.8 Å². The number of hydrogen-bond acceptors (Lipinski definition) is 3. The lowest BCUT2D eigenvalue weighted by atomic mass is 10.2. The van der Waals surface area contributed by atoms with E-state index in [0.29, 0.717) is 18.3 Å². The van der Waals surface area contributed by atoms with Crippen LogP contribution < -0.4 is 5.32 Å². The van der Waals surface area contributed by atoms with Crippen molar-refractivity contribution in [1.82, 2.24) is 10.2 Å². The molecule has 0 spiro atoms. The predicted molar refractivity (Wildman–Crippen MR) is 72.5 cm³/mol. The molecule has 1 heterocycles. The summed E-state index contributed by atoms with van der Waals surface area (Å²) in [5.74, 6) is -0.778. The Morgan fingerprint density at radius 2 is 2.10 bits per heavy atom. The maximum Gasteiger partial charge on any atom is 0.371 e. The van der Waals surface area contributed by atoms with Crippen molar-refractivity contribution in [2.24, 2.45) is 0 Å². The van der Waals surface area contributed by atoms with Gasteiger partial charge in [-0.15, -0.1) is 0 Å². The highest BCUT2D eigenvalue weighted by molar-refractivity contribution is 5.84. The molecule has 110 valence electrons. The molecule has 1 fully saturated rings. The molecular weight excluding hydrogens is 260 g/mol. The number of nitrogens with zero attached hydrogens (tertiary/aromatic N) is 1. The van der Waals surface area contributed by atoms with Crippen molar-refractivity contribution in [3.8, 4) is 0 Å². The number of carboxylic acid groups (broad SMARTS) is 1. The molecule has 6 heteroatoms. The van der Waals surface area contributed by atoms with E-state index in [0.717, 1.165) is 12.8 Å². The number of amides is 2. The van der Waals surface area contributed by atoms with E-state index >= 15 is 0 Å². The third-order valence-corrected chi connectivity index (χ3v) is 3.65. The normalized spacial score (nSPS) is 15.2. The first-order chi connectivity index (χ1) is 9.61. The number of carboxylic acids is 1. The van der Waals surface area contributed by atoms with Crippen molar-refractivity contribution < 1.29 is 19.1 Å². The Balaban J connectivity index is 1.88. The molecule has 1 saturated carbocycles. The average Bonchev–Trinajstić information content (AvgIpc) is 3.08. The van der Waals surface area contributed by atoms with Gasteiger partial charge in [-0.3, -0.25) is 0 Å². The van der Waals surface area contributed by atoms with E-state index in [1.54, 1.807) is 6.07 Å². The van der Waals surface area contributed by atoms with Gasteiger partial charge in [-0.2, -0.15) is 0 Å². The van der Waals surface area contributed by atoms with E-state index in [2.05, 4.69) is 5.32 Å². The van der Waals surface area contributed by atoms with Crippen LogP contribution in [-0.4, -0.2) is 34.6 Å². The molecule has 0 unspecified atom stereocenters. The number of furan rings is 1. The Bertz CT molecular complexity index is 477. The fourth-order valence-electron chi connectivity index (χ4n) is 2.64. The number of carbonyl (C=O) groups is 2. The average molecular weight is 280 g/mol. The van der Waals surface area contributed by atoms with Gasteiger partial charge >= 0.3 is 12.0 Å². The van der Waals surface area contributed by atoms with E-state index in [4.69, 9.17) is 9.52 Å². The summed E-state index contributed by atoms with van der Waals surface area (Å²) in [7, 11) is 0. The second-order valence-corrected chi connectivity index (χ2v) is 4.95. The van der Waals surface area contributed by atoms with Gasteiger partial charge in [-0.1, -0.05) is 12.8 Å². The van der Waals surface area contributed by atoms with Crippen LogP contribution in [0, 0.1) is 0 Å². The Kier molecular flexibility index (Phi) is 4.65. The number of urea groups is 1. The fourth-order valence-corrected chi connectivity index (χ4v) is 2.64. The minimum atomic E-state index is -1.11. The van der Waals surface area contributed by atoms with Crippen LogP contribution in [0.15, 0.2) is 16.5 Å². The molecule has 0 bridgehead atoms. The van der Waals surface area contributed by atoms with Crippen LogP contribution >= 0.6 is 0 Å². The molecule has 1 aromatic rings. The molecule has 2 N–H and O–H groups in total. The SMILES string of the molecule is CCN(C(=O)NCc1ccc(C(=O)O)o1)C1CCCC1. The molecule has 0 saturated heterocycles. The summed E-state index contributed by atoms with van der Waals surface area (Å²) in [6.07, 6.45) is 4.47. The van der Waals surface area contributed by atoms with Crippen LogP contribution in [-0.2, 0) is 6.54 Å². The smallest absolute Gasteiger partial charge is 0.371 e. The molecule has 2 amide bonds. The lowest BCUT2D eigenvalue weighted by molar-refractivity contribution is 0.0660. The molecule has 1 aliphatic carbocycles. The highest BCUT2D eigenvalue weighted by Gasteiger charge is 2.25. The number of rotatable bonds is 5. The molecular formula is C14H20N2O4. The predicted octanol–water partition coefficient (Wildman–Crippen LogP) is 2.45. The van der Waals surface area contributed by atoms with Gasteiger partial charge in [0.25, 0.3) is 0 Å². The van der Waals surface area contributed by atoms with E-state index in [1.165, 1.54) is 18.9 Å². The second-order valence-electron chi connectivity index (χ2n) is 4.95. The van der Waals surface area contributed by atoms with E-state index in [-0.39, 0.29) is 18.3 Å². The van der Waals surface area contributed by atoms with E-state index in [1.807, 2.05) is 11.8 Å². The Morgan fingerprint density at radius 1 is 1.40 bits per heavy atom. The van der Waals surface area contributed by atoms with Crippen LogP contribution in [0.2, 0.25) is 0 Å².